The van der Waals surface area contributed by atoms with Crippen LogP contribution in [0.15, 0.2) is 41.3 Å². The maximum Gasteiger partial charge on any atom is 0.233 e. The molecule has 0 fully saturated rings. The molecule has 1 N–H and O–H groups in total. The van der Waals surface area contributed by atoms with Crippen molar-refractivity contribution in [1.29, 1.82) is 0 Å². The molecule has 30 heavy (non-hydrogen) atoms. The zero-order valence-corrected chi connectivity index (χ0v) is 19.3. The Hall–Kier alpha value is -2.54. The summed E-state index contributed by atoms with van der Waals surface area (Å²) in [6.45, 7) is 8.81. The van der Waals surface area contributed by atoms with Gasteiger partial charge in [0, 0.05) is 4.90 Å². The molecule has 0 saturated carbocycles. The summed E-state index contributed by atoms with van der Waals surface area (Å²) in [5.74, 6) is 2.65. The largest absolute Gasteiger partial charge is 0.493 e. The molecule has 0 aliphatic rings. The van der Waals surface area contributed by atoms with Crippen molar-refractivity contribution < 1.29 is 23.7 Å². The van der Waals surface area contributed by atoms with Crippen LogP contribution in [0.2, 0.25) is 0 Å². The second kappa shape index (κ2) is 11.6. The highest BCUT2D eigenvalue weighted by Gasteiger charge is 2.19. The van der Waals surface area contributed by atoms with Gasteiger partial charge in [0.25, 0.3) is 0 Å². The van der Waals surface area contributed by atoms with E-state index in [1.54, 1.807) is 14.2 Å². The van der Waals surface area contributed by atoms with Gasteiger partial charge < -0.3 is 24.3 Å². The highest BCUT2D eigenvalue weighted by Crippen LogP contribution is 2.34. The molecule has 2 unspecified atom stereocenters. The average Bonchev–Trinajstić information content (AvgIpc) is 2.74. The van der Waals surface area contributed by atoms with Crippen LogP contribution >= 0.6 is 11.8 Å². The molecule has 1 amide bonds. The lowest BCUT2D eigenvalue weighted by molar-refractivity contribution is -0.120. The van der Waals surface area contributed by atoms with Gasteiger partial charge in [0.2, 0.25) is 5.91 Å². The molecule has 0 radical (unpaired) electrons. The number of amides is 1. The average molecular weight is 434 g/mol. The van der Waals surface area contributed by atoms with Gasteiger partial charge in [0.15, 0.2) is 23.0 Å². The topological polar surface area (TPSA) is 66.0 Å². The third-order valence-electron chi connectivity index (χ3n) is 4.46. The summed E-state index contributed by atoms with van der Waals surface area (Å²) in [6.07, 6.45) is 0. The van der Waals surface area contributed by atoms with Crippen molar-refractivity contribution >= 4 is 17.7 Å². The van der Waals surface area contributed by atoms with Crippen LogP contribution in [-0.4, -0.2) is 38.6 Å². The van der Waals surface area contributed by atoms with Gasteiger partial charge in [0.05, 0.1) is 38.7 Å². The Bertz CT molecular complexity index is 842. The first-order valence-corrected chi connectivity index (χ1v) is 10.9. The van der Waals surface area contributed by atoms with Gasteiger partial charge in [-0.25, -0.2) is 0 Å². The Morgan fingerprint density at radius 2 is 1.53 bits per heavy atom. The number of nitrogens with one attached hydrogen (secondary N) is 1. The summed E-state index contributed by atoms with van der Waals surface area (Å²) in [6, 6.07) is 11.2. The predicted octanol–water partition coefficient (Wildman–Crippen LogP) is 4.86. The number of ether oxygens (including phenoxy) is 4. The van der Waals surface area contributed by atoms with Gasteiger partial charge in [0.1, 0.15) is 0 Å². The predicted molar refractivity (Wildman–Crippen MR) is 120 cm³/mol. The van der Waals surface area contributed by atoms with E-state index in [9.17, 15) is 4.79 Å². The molecule has 2 atom stereocenters. The molecule has 0 aliphatic heterocycles. The van der Waals surface area contributed by atoms with Crippen LogP contribution in [0.25, 0.3) is 0 Å². The number of carbonyl (C=O) groups is 1. The Morgan fingerprint density at radius 3 is 2.17 bits per heavy atom. The van der Waals surface area contributed by atoms with Gasteiger partial charge >= 0.3 is 0 Å². The summed E-state index contributed by atoms with van der Waals surface area (Å²) >= 11 is 1.47. The van der Waals surface area contributed by atoms with E-state index in [-0.39, 0.29) is 17.2 Å². The zero-order chi connectivity index (χ0) is 22.1. The van der Waals surface area contributed by atoms with Crippen LogP contribution in [0.5, 0.6) is 23.0 Å². The number of benzene rings is 2. The minimum absolute atomic E-state index is 0.0471. The fraction of sp³-hybridized carbons (Fsp3) is 0.435. The first kappa shape index (κ1) is 23.7. The van der Waals surface area contributed by atoms with Gasteiger partial charge in [-0.1, -0.05) is 6.07 Å². The number of carbonyl (C=O) groups excluding carboxylic acids is 1. The monoisotopic (exact) mass is 433 g/mol. The molecule has 2 aromatic rings. The highest BCUT2D eigenvalue weighted by molar-refractivity contribution is 8.00. The van der Waals surface area contributed by atoms with Crippen molar-refractivity contribution in [3.8, 4) is 23.0 Å². The standard InChI is InChI=1S/C23H31NO5S/c1-7-28-20-11-9-17(13-22(20)29-8-2)15(3)24-23(25)16(4)30-18-10-12-19(26-5)21(14-18)27-6/h9-16H,7-8H2,1-6H3,(H,24,25). The molecular formula is C23H31NO5S. The van der Waals surface area contributed by atoms with Crippen molar-refractivity contribution in [3.05, 3.63) is 42.0 Å². The summed E-state index contributed by atoms with van der Waals surface area (Å²) in [7, 11) is 3.19. The summed E-state index contributed by atoms with van der Waals surface area (Å²) in [5, 5.41) is 2.80. The summed E-state index contributed by atoms with van der Waals surface area (Å²) in [4.78, 5) is 13.7. The fourth-order valence-electron chi connectivity index (χ4n) is 2.90. The Morgan fingerprint density at radius 1 is 0.900 bits per heavy atom. The molecule has 0 aromatic heterocycles. The Kier molecular flexibility index (Phi) is 9.17. The van der Waals surface area contributed by atoms with Gasteiger partial charge in [-0.3, -0.25) is 4.79 Å². The van der Waals surface area contributed by atoms with E-state index in [0.717, 1.165) is 10.5 Å². The smallest absolute Gasteiger partial charge is 0.233 e. The van der Waals surface area contributed by atoms with Crippen molar-refractivity contribution in [1.82, 2.24) is 5.32 Å². The van der Waals surface area contributed by atoms with E-state index in [4.69, 9.17) is 18.9 Å². The molecular weight excluding hydrogens is 402 g/mol. The molecule has 0 spiro atoms. The van der Waals surface area contributed by atoms with Gasteiger partial charge in [-0.05, 0) is 63.6 Å². The van der Waals surface area contributed by atoms with Crippen LogP contribution < -0.4 is 24.3 Å². The highest BCUT2D eigenvalue weighted by atomic mass is 32.2. The van der Waals surface area contributed by atoms with Crippen molar-refractivity contribution in [2.75, 3.05) is 27.4 Å². The maximum atomic E-state index is 12.7. The summed E-state index contributed by atoms with van der Waals surface area (Å²) < 4.78 is 21.9. The normalized spacial score (nSPS) is 12.6. The van der Waals surface area contributed by atoms with Crippen LogP contribution in [0.1, 0.15) is 39.3 Å². The van der Waals surface area contributed by atoms with Crippen molar-refractivity contribution in [2.24, 2.45) is 0 Å². The zero-order valence-electron chi connectivity index (χ0n) is 18.5. The molecule has 2 rings (SSSR count). The Balaban J connectivity index is 2.05. The van der Waals surface area contributed by atoms with Crippen LogP contribution in [0, 0.1) is 0 Å². The van der Waals surface area contributed by atoms with Crippen molar-refractivity contribution in [3.63, 3.8) is 0 Å². The number of rotatable bonds is 11. The minimum atomic E-state index is -0.278. The molecule has 0 aliphatic carbocycles. The fourth-order valence-corrected chi connectivity index (χ4v) is 3.80. The van der Waals surface area contributed by atoms with E-state index in [1.165, 1.54) is 11.8 Å². The third kappa shape index (κ3) is 6.23. The first-order chi connectivity index (χ1) is 14.4. The quantitative estimate of drug-likeness (QED) is 0.511. The van der Waals surface area contributed by atoms with Gasteiger partial charge in [-0.15, -0.1) is 11.8 Å². The van der Waals surface area contributed by atoms with Crippen molar-refractivity contribution in [2.45, 2.75) is 43.9 Å². The molecule has 164 valence electrons. The lowest BCUT2D eigenvalue weighted by Crippen LogP contribution is -2.33. The summed E-state index contributed by atoms with van der Waals surface area (Å²) in [5.41, 5.74) is 0.957. The Labute approximate surface area is 183 Å². The molecule has 0 bridgehead atoms. The van der Waals surface area contributed by atoms with Crippen LogP contribution in [0.4, 0.5) is 0 Å². The van der Waals surface area contributed by atoms with E-state index in [1.807, 2.05) is 64.1 Å². The molecule has 7 heteroatoms. The second-order valence-electron chi connectivity index (χ2n) is 6.58. The third-order valence-corrected chi connectivity index (χ3v) is 5.56. The minimum Gasteiger partial charge on any atom is -0.493 e. The molecule has 6 nitrogen and oxygen atoms in total. The number of methoxy groups -OCH3 is 2. The second-order valence-corrected chi connectivity index (χ2v) is 7.99. The van der Waals surface area contributed by atoms with Crippen LogP contribution in [0.3, 0.4) is 0 Å². The first-order valence-electron chi connectivity index (χ1n) is 10.0. The number of hydrogen-bond donors (Lipinski definition) is 1. The van der Waals surface area contributed by atoms with E-state index < -0.39 is 0 Å². The lowest BCUT2D eigenvalue weighted by atomic mass is 10.1. The van der Waals surface area contributed by atoms with Crippen LogP contribution in [-0.2, 0) is 4.79 Å². The molecule has 0 saturated heterocycles. The maximum absolute atomic E-state index is 12.7. The SMILES string of the molecule is CCOc1ccc(C(C)NC(=O)C(C)Sc2ccc(OC)c(OC)c2)cc1OCC. The molecule has 0 heterocycles. The van der Waals surface area contributed by atoms with E-state index in [2.05, 4.69) is 5.32 Å². The van der Waals surface area contributed by atoms with E-state index in [0.29, 0.717) is 36.2 Å². The number of thioether (sulfide) groups is 1. The molecule has 2 aromatic carbocycles. The lowest BCUT2D eigenvalue weighted by Gasteiger charge is -2.20. The van der Waals surface area contributed by atoms with E-state index >= 15 is 0 Å². The number of hydrogen-bond acceptors (Lipinski definition) is 6. The van der Waals surface area contributed by atoms with Gasteiger partial charge in [-0.2, -0.15) is 0 Å².